The van der Waals surface area contributed by atoms with E-state index in [9.17, 15) is 4.79 Å². The molecule has 0 spiro atoms. The fourth-order valence-electron chi connectivity index (χ4n) is 0.946. The third-order valence-corrected chi connectivity index (χ3v) is 2.60. The molecule has 0 bridgehead atoms. The van der Waals surface area contributed by atoms with Gasteiger partial charge in [0.1, 0.15) is 0 Å². The molecule has 0 aliphatic carbocycles. The van der Waals surface area contributed by atoms with Crippen molar-refractivity contribution in [3.05, 3.63) is 42.5 Å². The minimum absolute atomic E-state index is 0.784. The number of carbonyl (C=O) groups is 1. The maximum atomic E-state index is 10.1. The SMILES string of the molecule is O=C(O)C=CCCSc1ccccc1. The molecule has 0 saturated heterocycles. The van der Waals surface area contributed by atoms with E-state index in [1.165, 1.54) is 11.0 Å². The Morgan fingerprint density at radius 2 is 2.07 bits per heavy atom. The Morgan fingerprint density at radius 1 is 1.36 bits per heavy atom. The Bertz CT molecular complexity index is 306. The highest BCUT2D eigenvalue weighted by molar-refractivity contribution is 7.99. The zero-order valence-electron chi connectivity index (χ0n) is 7.72. The molecule has 1 rings (SSSR count). The lowest BCUT2D eigenvalue weighted by atomic mass is 10.4. The van der Waals surface area contributed by atoms with Crippen molar-refractivity contribution in [3.8, 4) is 0 Å². The van der Waals surface area contributed by atoms with Crippen molar-refractivity contribution >= 4 is 17.7 Å². The number of hydrogen-bond donors (Lipinski definition) is 1. The smallest absolute Gasteiger partial charge is 0.327 e. The van der Waals surface area contributed by atoms with Gasteiger partial charge in [0, 0.05) is 16.7 Å². The van der Waals surface area contributed by atoms with E-state index in [1.807, 2.05) is 30.3 Å². The largest absolute Gasteiger partial charge is 0.478 e. The lowest BCUT2D eigenvalue weighted by molar-refractivity contribution is -0.131. The van der Waals surface area contributed by atoms with Crippen molar-refractivity contribution in [2.45, 2.75) is 11.3 Å². The van der Waals surface area contributed by atoms with E-state index in [2.05, 4.69) is 0 Å². The Morgan fingerprint density at radius 3 is 2.71 bits per heavy atom. The normalized spacial score (nSPS) is 10.6. The first-order chi connectivity index (χ1) is 6.79. The molecule has 0 aliphatic rings. The van der Waals surface area contributed by atoms with E-state index >= 15 is 0 Å². The number of aliphatic carboxylic acids is 1. The molecule has 14 heavy (non-hydrogen) atoms. The molecule has 0 atom stereocenters. The zero-order valence-corrected chi connectivity index (χ0v) is 8.54. The number of allylic oxidation sites excluding steroid dienone is 1. The second-order valence-corrected chi connectivity index (χ2v) is 3.86. The highest BCUT2D eigenvalue weighted by atomic mass is 32.2. The first-order valence-corrected chi connectivity index (χ1v) is 5.35. The topological polar surface area (TPSA) is 37.3 Å². The highest BCUT2D eigenvalue weighted by Gasteiger charge is 1.90. The van der Waals surface area contributed by atoms with Crippen LogP contribution in [0.5, 0.6) is 0 Å². The van der Waals surface area contributed by atoms with Gasteiger partial charge < -0.3 is 5.11 Å². The van der Waals surface area contributed by atoms with Crippen LogP contribution in [0.4, 0.5) is 0 Å². The average Bonchev–Trinajstić information content (AvgIpc) is 2.18. The Hall–Kier alpha value is -1.22. The minimum atomic E-state index is -0.880. The van der Waals surface area contributed by atoms with E-state index in [4.69, 9.17) is 5.11 Å². The van der Waals surface area contributed by atoms with Crippen LogP contribution in [0.2, 0.25) is 0 Å². The molecule has 0 radical (unpaired) electrons. The molecule has 1 aromatic rings. The van der Waals surface area contributed by atoms with Gasteiger partial charge in [-0.1, -0.05) is 24.3 Å². The van der Waals surface area contributed by atoms with Crippen LogP contribution in [0.15, 0.2) is 47.4 Å². The van der Waals surface area contributed by atoms with E-state index in [0.717, 1.165) is 12.2 Å². The zero-order chi connectivity index (χ0) is 10.2. The van der Waals surface area contributed by atoms with Crippen molar-refractivity contribution < 1.29 is 9.90 Å². The van der Waals surface area contributed by atoms with Gasteiger partial charge in [-0.15, -0.1) is 11.8 Å². The monoisotopic (exact) mass is 208 g/mol. The second-order valence-electron chi connectivity index (χ2n) is 2.69. The summed E-state index contributed by atoms with van der Waals surface area (Å²) >= 11 is 1.73. The van der Waals surface area contributed by atoms with Crippen LogP contribution in [0.3, 0.4) is 0 Å². The number of benzene rings is 1. The summed E-state index contributed by atoms with van der Waals surface area (Å²) in [5.74, 6) is 0.0306. The van der Waals surface area contributed by atoms with Gasteiger partial charge in [-0.2, -0.15) is 0 Å². The van der Waals surface area contributed by atoms with Gasteiger partial charge in [-0.25, -0.2) is 4.79 Å². The standard InChI is InChI=1S/C11H12O2S/c12-11(13)8-4-5-9-14-10-6-2-1-3-7-10/h1-4,6-8H,5,9H2,(H,12,13). The Kier molecular flexibility index (Phi) is 4.86. The summed E-state index contributed by atoms with van der Waals surface area (Å²) in [7, 11) is 0. The Balaban J connectivity index is 2.19. The predicted molar refractivity (Wildman–Crippen MR) is 58.6 cm³/mol. The molecule has 74 valence electrons. The summed E-state index contributed by atoms with van der Waals surface area (Å²) < 4.78 is 0. The van der Waals surface area contributed by atoms with Gasteiger partial charge in [-0.3, -0.25) is 0 Å². The molecule has 0 saturated carbocycles. The number of carboxylic acid groups (broad SMARTS) is 1. The molecule has 1 aromatic carbocycles. The van der Waals surface area contributed by atoms with Crippen LogP contribution in [0, 0.1) is 0 Å². The van der Waals surface area contributed by atoms with Gasteiger partial charge >= 0.3 is 5.97 Å². The van der Waals surface area contributed by atoms with Crippen LogP contribution in [-0.4, -0.2) is 16.8 Å². The maximum absolute atomic E-state index is 10.1. The molecule has 1 N–H and O–H groups in total. The second kappa shape index (κ2) is 6.27. The average molecular weight is 208 g/mol. The first-order valence-electron chi connectivity index (χ1n) is 4.36. The molecule has 0 unspecified atom stereocenters. The summed E-state index contributed by atoms with van der Waals surface area (Å²) in [4.78, 5) is 11.4. The van der Waals surface area contributed by atoms with E-state index in [1.54, 1.807) is 17.8 Å². The molecular formula is C11H12O2S. The first kappa shape index (κ1) is 10.9. The third kappa shape index (κ3) is 4.72. The van der Waals surface area contributed by atoms with Crippen molar-refractivity contribution in [1.82, 2.24) is 0 Å². The van der Waals surface area contributed by atoms with Gasteiger partial charge in [0.15, 0.2) is 0 Å². The van der Waals surface area contributed by atoms with Gasteiger partial charge in [0.2, 0.25) is 0 Å². The van der Waals surface area contributed by atoms with Crippen LogP contribution in [-0.2, 0) is 4.79 Å². The van der Waals surface area contributed by atoms with Crippen LogP contribution in [0.1, 0.15) is 6.42 Å². The van der Waals surface area contributed by atoms with E-state index in [0.29, 0.717) is 0 Å². The summed E-state index contributed by atoms with van der Waals surface area (Å²) in [6, 6.07) is 10.1. The summed E-state index contributed by atoms with van der Waals surface area (Å²) in [5.41, 5.74) is 0. The summed E-state index contributed by atoms with van der Waals surface area (Å²) in [6.45, 7) is 0. The highest BCUT2D eigenvalue weighted by Crippen LogP contribution is 2.17. The van der Waals surface area contributed by atoms with Gasteiger partial charge in [0.25, 0.3) is 0 Å². The maximum Gasteiger partial charge on any atom is 0.327 e. The van der Waals surface area contributed by atoms with Crippen LogP contribution < -0.4 is 0 Å². The van der Waals surface area contributed by atoms with E-state index < -0.39 is 5.97 Å². The molecule has 0 aromatic heterocycles. The van der Waals surface area contributed by atoms with Crippen molar-refractivity contribution in [3.63, 3.8) is 0 Å². The van der Waals surface area contributed by atoms with Crippen molar-refractivity contribution in [1.29, 1.82) is 0 Å². The van der Waals surface area contributed by atoms with Crippen molar-refractivity contribution in [2.24, 2.45) is 0 Å². The molecular weight excluding hydrogens is 196 g/mol. The number of carboxylic acids is 1. The summed E-state index contributed by atoms with van der Waals surface area (Å²) in [5, 5.41) is 8.34. The molecule has 0 heterocycles. The van der Waals surface area contributed by atoms with Gasteiger partial charge in [-0.05, 0) is 18.6 Å². The number of hydrogen-bond acceptors (Lipinski definition) is 2. The number of rotatable bonds is 5. The van der Waals surface area contributed by atoms with E-state index in [-0.39, 0.29) is 0 Å². The van der Waals surface area contributed by atoms with Crippen LogP contribution in [0.25, 0.3) is 0 Å². The molecule has 0 amide bonds. The quantitative estimate of drug-likeness (QED) is 0.459. The lowest BCUT2D eigenvalue weighted by Gasteiger charge is -1.97. The fourth-order valence-corrected chi connectivity index (χ4v) is 1.78. The predicted octanol–water partition coefficient (Wildman–Crippen LogP) is 2.81. The lowest BCUT2D eigenvalue weighted by Crippen LogP contribution is -1.86. The third-order valence-electron chi connectivity index (χ3n) is 1.56. The fraction of sp³-hybridized carbons (Fsp3) is 0.182. The summed E-state index contributed by atoms with van der Waals surface area (Å²) in [6.07, 6.45) is 3.65. The molecule has 2 nitrogen and oxygen atoms in total. The van der Waals surface area contributed by atoms with Crippen LogP contribution >= 0.6 is 11.8 Å². The molecule has 0 aliphatic heterocycles. The van der Waals surface area contributed by atoms with Gasteiger partial charge in [0.05, 0.1) is 0 Å². The number of thioether (sulfide) groups is 1. The molecule has 0 fully saturated rings. The molecule has 3 heteroatoms. The Labute approximate surface area is 87.6 Å². The van der Waals surface area contributed by atoms with Crippen molar-refractivity contribution in [2.75, 3.05) is 5.75 Å². The minimum Gasteiger partial charge on any atom is -0.478 e.